The fraction of sp³-hybridized carbons (Fsp3) is 0.522. The van der Waals surface area contributed by atoms with E-state index in [-0.39, 0.29) is 28.4 Å². The molecule has 5 nitrogen and oxygen atoms in total. The lowest BCUT2D eigenvalue weighted by Crippen LogP contribution is -2.57. The summed E-state index contributed by atoms with van der Waals surface area (Å²) in [7, 11) is 0. The maximum absolute atomic E-state index is 13.2. The predicted molar refractivity (Wildman–Crippen MR) is 111 cm³/mol. The van der Waals surface area contributed by atoms with E-state index < -0.39 is 5.97 Å². The van der Waals surface area contributed by atoms with Gasteiger partial charge in [-0.25, -0.2) is 4.79 Å². The number of benzene rings is 1. The van der Waals surface area contributed by atoms with E-state index in [1.165, 1.54) is 12.5 Å². The van der Waals surface area contributed by atoms with Crippen LogP contribution in [0.5, 0.6) is 0 Å². The second kappa shape index (κ2) is 7.50. The van der Waals surface area contributed by atoms with Gasteiger partial charge >= 0.3 is 5.97 Å². The Kier molecular flexibility index (Phi) is 5.16. The third-order valence-electron chi connectivity index (χ3n) is 6.57. The van der Waals surface area contributed by atoms with Gasteiger partial charge in [0.2, 0.25) is 5.91 Å². The molecule has 1 aromatic carbocycles. The molecule has 4 bridgehead atoms. The molecule has 5 rings (SSSR count). The van der Waals surface area contributed by atoms with Crippen LogP contribution >= 0.6 is 11.6 Å². The molecular weight excluding hydrogens is 388 g/mol. The van der Waals surface area contributed by atoms with Gasteiger partial charge in [0.1, 0.15) is 11.6 Å². The highest BCUT2D eigenvalue weighted by molar-refractivity contribution is 6.24. The first-order valence-electron chi connectivity index (χ1n) is 10.2. The Morgan fingerprint density at radius 2 is 1.90 bits per heavy atom. The van der Waals surface area contributed by atoms with Gasteiger partial charge in [-0.2, -0.15) is 5.26 Å². The number of nitrogens with zero attached hydrogens (tertiary/aromatic N) is 1. The van der Waals surface area contributed by atoms with E-state index in [2.05, 4.69) is 5.32 Å². The molecule has 0 radical (unpaired) electrons. The molecule has 2 atom stereocenters. The molecule has 0 heterocycles. The van der Waals surface area contributed by atoms with Crippen molar-refractivity contribution in [3.63, 3.8) is 0 Å². The van der Waals surface area contributed by atoms with Crippen molar-refractivity contribution in [1.29, 1.82) is 5.26 Å². The van der Waals surface area contributed by atoms with Gasteiger partial charge in [-0.1, -0.05) is 12.1 Å². The van der Waals surface area contributed by atoms with E-state index in [9.17, 15) is 9.59 Å². The maximum atomic E-state index is 13.2. The Labute approximate surface area is 176 Å². The largest absolute Gasteiger partial charge is 0.462 e. The molecule has 0 aliphatic heterocycles. The van der Waals surface area contributed by atoms with Gasteiger partial charge in [-0.15, -0.1) is 11.6 Å². The van der Waals surface area contributed by atoms with Gasteiger partial charge in [0.25, 0.3) is 0 Å². The molecule has 4 aliphatic rings. The lowest BCUT2D eigenvalue weighted by molar-refractivity contribution is -0.139. The van der Waals surface area contributed by atoms with Crippen molar-refractivity contribution in [1.82, 2.24) is 0 Å². The molecule has 1 aromatic rings. The number of rotatable bonds is 5. The minimum atomic E-state index is -0.635. The second-order valence-electron chi connectivity index (χ2n) is 8.86. The molecule has 152 valence electrons. The predicted octanol–water partition coefficient (Wildman–Crippen LogP) is 4.67. The number of alkyl halides is 1. The molecule has 4 aliphatic carbocycles. The van der Waals surface area contributed by atoms with E-state index in [0.29, 0.717) is 23.1 Å². The minimum absolute atomic E-state index is 0.0513. The van der Waals surface area contributed by atoms with Crippen LogP contribution in [0, 0.1) is 28.6 Å². The molecule has 4 fully saturated rings. The van der Waals surface area contributed by atoms with Crippen LogP contribution in [0.25, 0.3) is 6.08 Å². The summed E-state index contributed by atoms with van der Waals surface area (Å²) in [4.78, 5) is 24.7. The smallest absolute Gasteiger partial charge is 0.348 e. The summed E-state index contributed by atoms with van der Waals surface area (Å²) in [6.07, 6.45) is 7.44. The number of nitrogens with one attached hydrogen (secondary N) is 1. The van der Waals surface area contributed by atoms with Crippen LogP contribution < -0.4 is 5.32 Å². The maximum Gasteiger partial charge on any atom is 0.348 e. The zero-order chi connectivity index (χ0) is 20.6. The third kappa shape index (κ3) is 3.91. The first kappa shape index (κ1) is 20.0. The van der Waals surface area contributed by atoms with Gasteiger partial charge in [-0.3, -0.25) is 4.79 Å². The standard InChI is InChI=1S/C23H25ClN2O3/c1-2-29-20(27)18(13-25)8-15-3-5-19(6-4-15)26-21(28)22-9-16-7-17(10-22)12-23(24,11-16)14-22/h3-6,8,16-17H,2,7,9-12,14H2,1H3,(H,26,28)/b18-8+/t16-,17-,22?,23?/m0/s1. The van der Waals surface area contributed by atoms with Gasteiger partial charge in [-0.05, 0) is 81.1 Å². The van der Waals surface area contributed by atoms with Gasteiger partial charge < -0.3 is 10.1 Å². The van der Waals surface area contributed by atoms with Gasteiger partial charge in [0.05, 0.1) is 12.0 Å². The lowest BCUT2D eigenvalue weighted by Gasteiger charge is -2.59. The van der Waals surface area contributed by atoms with E-state index >= 15 is 0 Å². The van der Waals surface area contributed by atoms with Crippen molar-refractivity contribution >= 4 is 35.2 Å². The SMILES string of the molecule is CCOC(=O)/C(C#N)=C/c1ccc(NC(=O)C23C[C@@H]4C[C@H](CC(Cl)(C4)C2)C3)cc1. The number of esters is 1. The summed E-state index contributed by atoms with van der Waals surface area (Å²) < 4.78 is 4.87. The van der Waals surface area contributed by atoms with E-state index in [4.69, 9.17) is 21.6 Å². The monoisotopic (exact) mass is 412 g/mol. The van der Waals surface area contributed by atoms with E-state index in [1.54, 1.807) is 31.2 Å². The summed E-state index contributed by atoms with van der Waals surface area (Å²) in [6.45, 7) is 1.91. The molecule has 1 amide bonds. The van der Waals surface area contributed by atoms with Crippen molar-refractivity contribution in [3.05, 3.63) is 35.4 Å². The average molecular weight is 413 g/mol. The number of carbonyl (C=O) groups excluding carboxylic acids is 2. The number of nitriles is 1. The van der Waals surface area contributed by atoms with Crippen molar-refractivity contribution in [2.24, 2.45) is 17.3 Å². The fourth-order valence-corrected chi connectivity index (χ4v) is 6.55. The van der Waals surface area contributed by atoms with Crippen LogP contribution in [0.3, 0.4) is 0 Å². The highest BCUT2D eigenvalue weighted by atomic mass is 35.5. The van der Waals surface area contributed by atoms with Crippen molar-refractivity contribution in [2.75, 3.05) is 11.9 Å². The second-order valence-corrected chi connectivity index (χ2v) is 9.66. The number of hydrogen-bond acceptors (Lipinski definition) is 4. The Morgan fingerprint density at radius 3 is 2.45 bits per heavy atom. The molecule has 29 heavy (non-hydrogen) atoms. The Bertz CT molecular complexity index is 886. The summed E-state index contributed by atoms with van der Waals surface area (Å²) in [5, 5.41) is 12.2. The van der Waals surface area contributed by atoms with Gasteiger partial charge in [0, 0.05) is 10.6 Å². The number of hydrogen-bond donors (Lipinski definition) is 1. The van der Waals surface area contributed by atoms with E-state index in [0.717, 1.165) is 32.1 Å². The quantitative estimate of drug-likeness (QED) is 0.330. The third-order valence-corrected chi connectivity index (χ3v) is 7.01. The van der Waals surface area contributed by atoms with Crippen LogP contribution in [0.1, 0.15) is 51.0 Å². The van der Waals surface area contributed by atoms with E-state index in [1.807, 2.05) is 6.07 Å². The van der Waals surface area contributed by atoms with Crippen LogP contribution in [0.4, 0.5) is 5.69 Å². The number of amides is 1. The Morgan fingerprint density at radius 1 is 1.24 bits per heavy atom. The summed E-state index contributed by atoms with van der Waals surface area (Å²) >= 11 is 6.85. The van der Waals surface area contributed by atoms with Crippen LogP contribution in [0.15, 0.2) is 29.8 Å². The van der Waals surface area contributed by atoms with Crippen LogP contribution in [-0.4, -0.2) is 23.4 Å². The number of carbonyl (C=O) groups is 2. The average Bonchev–Trinajstić information content (AvgIpc) is 2.65. The molecule has 6 heteroatoms. The lowest BCUT2D eigenvalue weighted by atomic mass is 9.49. The number of ether oxygens (including phenoxy) is 1. The molecular formula is C23H25ClN2O3. The molecule has 0 aromatic heterocycles. The Balaban J connectivity index is 1.46. The van der Waals surface area contributed by atoms with Crippen molar-refractivity contribution in [2.45, 2.75) is 50.3 Å². The van der Waals surface area contributed by atoms with Crippen molar-refractivity contribution in [3.8, 4) is 6.07 Å². The molecule has 0 unspecified atom stereocenters. The van der Waals surface area contributed by atoms with Gasteiger partial charge in [0.15, 0.2) is 0 Å². The van der Waals surface area contributed by atoms with Crippen LogP contribution in [0.2, 0.25) is 0 Å². The minimum Gasteiger partial charge on any atom is -0.462 e. The zero-order valence-electron chi connectivity index (χ0n) is 16.5. The molecule has 4 saturated carbocycles. The summed E-state index contributed by atoms with van der Waals surface area (Å²) in [5.41, 5.74) is 1.01. The zero-order valence-corrected chi connectivity index (χ0v) is 17.3. The molecule has 0 saturated heterocycles. The topological polar surface area (TPSA) is 79.2 Å². The molecule has 0 spiro atoms. The Hall–Kier alpha value is -2.32. The fourth-order valence-electron chi connectivity index (χ4n) is 5.86. The van der Waals surface area contributed by atoms with Crippen LogP contribution in [-0.2, 0) is 14.3 Å². The summed E-state index contributed by atoms with van der Waals surface area (Å²) in [6, 6.07) is 8.99. The van der Waals surface area contributed by atoms with Crippen molar-refractivity contribution < 1.29 is 14.3 Å². The highest BCUT2D eigenvalue weighted by Gasteiger charge is 2.60. The first-order chi connectivity index (χ1) is 13.8. The number of halogens is 1. The number of anilines is 1. The summed E-state index contributed by atoms with van der Waals surface area (Å²) in [5.74, 6) is 0.576. The molecule has 1 N–H and O–H groups in total. The highest BCUT2D eigenvalue weighted by Crippen LogP contribution is 2.64. The normalized spacial score (nSPS) is 32.5. The first-order valence-corrected chi connectivity index (χ1v) is 10.6.